The predicted molar refractivity (Wildman–Crippen MR) is 162 cm³/mol. The van der Waals surface area contributed by atoms with Crippen LogP contribution in [0, 0.1) is 0 Å². The van der Waals surface area contributed by atoms with E-state index in [4.69, 9.17) is 4.74 Å². The Hall–Kier alpha value is -3.02. The van der Waals surface area contributed by atoms with Crippen molar-refractivity contribution in [1.29, 1.82) is 0 Å². The van der Waals surface area contributed by atoms with Gasteiger partial charge in [-0.3, -0.25) is 4.90 Å². The second-order valence-electron chi connectivity index (χ2n) is 10.9. The minimum absolute atomic E-state index is 0.256. The maximum Gasteiger partial charge on any atom is 0.120 e. The Morgan fingerprint density at radius 3 is 2.66 bits per heavy atom. The Morgan fingerprint density at radius 2 is 1.89 bits per heavy atom. The number of nitrogens with zero attached hydrogens (tertiary/aromatic N) is 3. The summed E-state index contributed by atoms with van der Waals surface area (Å²) in [5.74, 6) is 0.935. The molecule has 0 aliphatic carbocycles. The molecule has 204 valence electrons. The van der Waals surface area contributed by atoms with Crippen LogP contribution in [0.4, 0.5) is 5.69 Å². The summed E-state index contributed by atoms with van der Waals surface area (Å²) < 4.78 is 6.42. The summed E-state index contributed by atoms with van der Waals surface area (Å²) in [6.07, 6.45) is 12.2. The third-order valence-electron chi connectivity index (χ3n) is 7.83. The molecule has 5 nitrogen and oxygen atoms in total. The topological polar surface area (TPSA) is 31.0 Å². The van der Waals surface area contributed by atoms with Crippen LogP contribution in [0.1, 0.15) is 43.4 Å². The minimum atomic E-state index is 0.256. The highest BCUT2D eigenvalue weighted by Crippen LogP contribution is 2.26. The van der Waals surface area contributed by atoms with E-state index in [1.54, 1.807) is 0 Å². The van der Waals surface area contributed by atoms with Gasteiger partial charge in [-0.25, -0.2) is 0 Å². The number of allylic oxidation sites excluding steroid dienone is 3. The van der Waals surface area contributed by atoms with E-state index in [9.17, 15) is 0 Å². The van der Waals surface area contributed by atoms with Crippen LogP contribution in [0.5, 0.6) is 5.75 Å². The lowest BCUT2D eigenvalue weighted by Gasteiger charge is -2.32. The normalized spacial score (nSPS) is 19.1. The lowest BCUT2D eigenvalue weighted by atomic mass is 10.0. The van der Waals surface area contributed by atoms with Crippen molar-refractivity contribution in [1.82, 2.24) is 15.1 Å². The van der Waals surface area contributed by atoms with Crippen LogP contribution in [0.3, 0.4) is 0 Å². The first-order valence-corrected chi connectivity index (χ1v) is 14.2. The Labute approximate surface area is 230 Å². The Kier molecular flexibility index (Phi) is 10.1. The molecule has 1 unspecified atom stereocenters. The number of nitrogens with one attached hydrogen (secondary N) is 1. The Morgan fingerprint density at radius 1 is 1.11 bits per heavy atom. The van der Waals surface area contributed by atoms with Crippen molar-refractivity contribution in [3.05, 3.63) is 90.0 Å². The molecule has 0 spiro atoms. The van der Waals surface area contributed by atoms with Crippen LogP contribution in [-0.4, -0.2) is 68.8 Å². The quantitative estimate of drug-likeness (QED) is 0.437. The van der Waals surface area contributed by atoms with E-state index in [2.05, 4.69) is 121 Å². The zero-order chi connectivity index (χ0) is 26.9. The maximum atomic E-state index is 6.42. The molecule has 1 atom stereocenters. The molecular weight excluding hydrogens is 468 g/mol. The average molecular weight is 515 g/mol. The van der Waals surface area contributed by atoms with Gasteiger partial charge in [0.25, 0.3) is 0 Å². The van der Waals surface area contributed by atoms with Crippen LogP contribution in [-0.2, 0) is 13.0 Å². The molecule has 1 fully saturated rings. The fourth-order valence-electron chi connectivity index (χ4n) is 5.10. The van der Waals surface area contributed by atoms with Gasteiger partial charge in [-0.1, -0.05) is 55.1 Å². The average Bonchev–Trinajstić information content (AvgIpc) is 3.02. The highest BCUT2D eigenvalue weighted by molar-refractivity contribution is 5.63. The molecule has 2 aromatic carbocycles. The first kappa shape index (κ1) is 28.0. The predicted octanol–water partition coefficient (Wildman–Crippen LogP) is 5.74. The van der Waals surface area contributed by atoms with Gasteiger partial charge in [-0.15, -0.1) is 0 Å². The summed E-state index contributed by atoms with van der Waals surface area (Å²) in [6.45, 7) is 14.6. The van der Waals surface area contributed by atoms with Crippen molar-refractivity contribution >= 4 is 11.4 Å². The molecule has 2 aliphatic heterocycles. The summed E-state index contributed by atoms with van der Waals surface area (Å²) in [6, 6.07) is 15.9. The SMILES string of the molecule is C=C(NCC(C)N(C)C)c1cccc(OC2CCN(Cc3ccc4c(c3)C/C=C\C=C/CN4CC)CC2)c1. The van der Waals surface area contributed by atoms with E-state index < -0.39 is 0 Å². The number of hydrogen-bond acceptors (Lipinski definition) is 5. The van der Waals surface area contributed by atoms with Gasteiger partial charge in [0, 0.05) is 62.3 Å². The number of ether oxygens (including phenoxy) is 1. The van der Waals surface area contributed by atoms with Crippen molar-refractivity contribution in [2.24, 2.45) is 0 Å². The highest BCUT2D eigenvalue weighted by Gasteiger charge is 2.21. The summed E-state index contributed by atoms with van der Waals surface area (Å²) in [7, 11) is 4.20. The van der Waals surface area contributed by atoms with E-state index in [0.29, 0.717) is 6.04 Å². The smallest absolute Gasteiger partial charge is 0.120 e. The van der Waals surface area contributed by atoms with Gasteiger partial charge in [0.2, 0.25) is 0 Å². The van der Waals surface area contributed by atoms with Crippen molar-refractivity contribution in [2.75, 3.05) is 51.7 Å². The van der Waals surface area contributed by atoms with Gasteiger partial charge in [0.1, 0.15) is 11.9 Å². The number of piperidine rings is 1. The van der Waals surface area contributed by atoms with E-state index in [1.807, 2.05) is 0 Å². The zero-order valence-electron chi connectivity index (χ0n) is 23.8. The zero-order valence-corrected chi connectivity index (χ0v) is 23.8. The van der Waals surface area contributed by atoms with Crippen LogP contribution >= 0.6 is 0 Å². The van der Waals surface area contributed by atoms with Crippen molar-refractivity contribution < 1.29 is 4.74 Å². The molecule has 38 heavy (non-hydrogen) atoms. The number of rotatable bonds is 10. The van der Waals surface area contributed by atoms with Crippen molar-refractivity contribution in [3.8, 4) is 5.75 Å². The lowest BCUT2D eigenvalue weighted by molar-refractivity contribution is 0.0968. The summed E-state index contributed by atoms with van der Waals surface area (Å²) in [5, 5.41) is 3.47. The summed E-state index contributed by atoms with van der Waals surface area (Å²) in [4.78, 5) is 7.23. The number of anilines is 1. The third kappa shape index (κ3) is 7.75. The van der Waals surface area contributed by atoms with Gasteiger partial charge < -0.3 is 19.9 Å². The number of likely N-dealkylation sites (N-methyl/N-ethyl adjacent to an activating group) is 2. The fraction of sp³-hybridized carbons (Fsp3) is 0.455. The molecule has 0 amide bonds. The van der Waals surface area contributed by atoms with Crippen molar-refractivity contribution in [2.45, 2.75) is 51.8 Å². The first-order chi connectivity index (χ1) is 18.4. The summed E-state index contributed by atoms with van der Waals surface area (Å²) >= 11 is 0. The maximum absolute atomic E-state index is 6.42. The molecule has 5 heteroatoms. The molecule has 2 heterocycles. The minimum Gasteiger partial charge on any atom is -0.490 e. The molecule has 0 aromatic heterocycles. The number of fused-ring (bicyclic) bond motifs is 1. The molecule has 4 rings (SSSR count). The third-order valence-corrected chi connectivity index (χ3v) is 7.83. The molecule has 2 aliphatic rings. The first-order valence-electron chi connectivity index (χ1n) is 14.2. The molecular formula is C33H46N4O. The molecule has 0 saturated carbocycles. The largest absolute Gasteiger partial charge is 0.490 e. The second-order valence-corrected chi connectivity index (χ2v) is 10.9. The Bertz CT molecular complexity index is 1110. The van der Waals surface area contributed by atoms with Gasteiger partial charge >= 0.3 is 0 Å². The van der Waals surface area contributed by atoms with Gasteiger partial charge in [-0.2, -0.15) is 0 Å². The molecule has 2 aromatic rings. The van der Waals surface area contributed by atoms with E-state index in [1.165, 1.54) is 16.8 Å². The standard InChI is InChI=1S/C33H46N4O/c1-6-37-19-10-8-7-9-12-30-22-28(15-16-33(30)37)25-36-20-17-31(18-21-36)38-32-14-11-13-29(23-32)27(3)34-24-26(2)35(4)5/h7-11,13-16,22-23,26,31,34H,3,6,12,17-21,24-25H2,1-2,4-5H3/b9-7-,10-8-. The van der Waals surface area contributed by atoms with Gasteiger partial charge in [-0.05, 0) is 76.5 Å². The molecule has 0 radical (unpaired) electrons. The number of benzene rings is 2. The van der Waals surface area contributed by atoms with Gasteiger partial charge in [0.15, 0.2) is 0 Å². The number of hydrogen-bond donors (Lipinski definition) is 1. The summed E-state index contributed by atoms with van der Waals surface area (Å²) in [5.41, 5.74) is 6.23. The fourth-order valence-corrected chi connectivity index (χ4v) is 5.10. The monoisotopic (exact) mass is 514 g/mol. The Balaban J connectivity index is 1.29. The van der Waals surface area contributed by atoms with E-state index in [-0.39, 0.29) is 6.10 Å². The van der Waals surface area contributed by atoms with Crippen LogP contribution in [0.25, 0.3) is 5.70 Å². The van der Waals surface area contributed by atoms with Crippen LogP contribution in [0.15, 0.2) is 73.3 Å². The van der Waals surface area contributed by atoms with Crippen molar-refractivity contribution in [3.63, 3.8) is 0 Å². The molecule has 0 bridgehead atoms. The van der Waals surface area contributed by atoms with Crippen LogP contribution < -0.4 is 15.0 Å². The van der Waals surface area contributed by atoms with Crippen LogP contribution in [0.2, 0.25) is 0 Å². The number of likely N-dealkylation sites (tertiary alicyclic amines) is 1. The second kappa shape index (κ2) is 13.7. The molecule has 1 N–H and O–H groups in total. The highest BCUT2D eigenvalue weighted by atomic mass is 16.5. The van der Waals surface area contributed by atoms with E-state index >= 15 is 0 Å². The lowest BCUT2D eigenvalue weighted by Crippen LogP contribution is -2.37. The molecule has 1 saturated heterocycles. The van der Waals surface area contributed by atoms with E-state index in [0.717, 1.165) is 75.5 Å². The van der Waals surface area contributed by atoms with Gasteiger partial charge in [0.05, 0.1) is 0 Å².